The fourth-order valence-corrected chi connectivity index (χ4v) is 3.62. The first kappa shape index (κ1) is 19.1. The number of halogens is 1. The van der Waals surface area contributed by atoms with E-state index in [1.165, 1.54) is 11.0 Å². The van der Waals surface area contributed by atoms with Crippen LogP contribution in [0.5, 0.6) is 0 Å². The zero-order chi connectivity index (χ0) is 19.8. The summed E-state index contributed by atoms with van der Waals surface area (Å²) in [5.41, 5.74) is 0.259. The number of piperidine rings is 1. The van der Waals surface area contributed by atoms with Crippen molar-refractivity contribution < 1.29 is 29.0 Å². The van der Waals surface area contributed by atoms with E-state index in [0.717, 1.165) is 5.56 Å². The average molecular weight is 379 g/mol. The second-order valence-corrected chi connectivity index (χ2v) is 7.13. The molecule has 1 aromatic rings. The summed E-state index contributed by atoms with van der Waals surface area (Å²) in [4.78, 5) is 37.2. The van der Waals surface area contributed by atoms with E-state index < -0.39 is 23.4 Å². The number of anilines is 2. The lowest BCUT2D eigenvalue weighted by atomic mass is 9.88. The number of carbonyl (C=O) groups excluding carboxylic acids is 2. The van der Waals surface area contributed by atoms with Crippen molar-refractivity contribution in [1.29, 1.82) is 0 Å². The monoisotopic (exact) mass is 379 g/mol. The molecule has 2 saturated heterocycles. The number of imide groups is 1. The molecule has 0 spiro atoms. The van der Waals surface area contributed by atoms with Crippen LogP contribution in [0.25, 0.3) is 0 Å². The zero-order valence-electron chi connectivity index (χ0n) is 15.0. The van der Waals surface area contributed by atoms with E-state index in [-0.39, 0.29) is 43.8 Å². The van der Waals surface area contributed by atoms with Gasteiger partial charge in [-0.2, -0.15) is 0 Å². The third-order valence-corrected chi connectivity index (χ3v) is 5.13. The van der Waals surface area contributed by atoms with E-state index >= 15 is 0 Å². The van der Waals surface area contributed by atoms with Crippen LogP contribution in [0.1, 0.15) is 31.2 Å². The van der Waals surface area contributed by atoms with Crippen molar-refractivity contribution in [2.24, 2.45) is 0 Å². The molecule has 2 heterocycles. The number of aliphatic carboxylic acids is 1. The van der Waals surface area contributed by atoms with Crippen LogP contribution in [-0.2, 0) is 9.59 Å². The van der Waals surface area contributed by atoms with Crippen molar-refractivity contribution in [1.82, 2.24) is 5.32 Å². The summed E-state index contributed by atoms with van der Waals surface area (Å²) in [6, 6.07) is 2.27. The van der Waals surface area contributed by atoms with Crippen molar-refractivity contribution in [3.05, 3.63) is 23.5 Å². The lowest BCUT2D eigenvalue weighted by Gasteiger charge is -2.39. The van der Waals surface area contributed by atoms with Crippen LogP contribution >= 0.6 is 0 Å². The number of carboxylic acid groups (broad SMARTS) is 1. The number of nitrogens with one attached hydrogen (secondary N) is 1. The molecule has 0 radical (unpaired) electrons. The number of aryl methyl sites for hydroxylation is 1. The lowest BCUT2D eigenvalue weighted by molar-refractivity contribution is -0.143. The van der Waals surface area contributed by atoms with E-state index in [2.05, 4.69) is 5.32 Å². The summed E-state index contributed by atoms with van der Waals surface area (Å²) in [7, 11) is 0. The fraction of sp³-hybridized carbons (Fsp3) is 0.500. The van der Waals surface area contributed by atoms with E-state index in [1.54, 1.807) is 13.0 Å². The number of aliphatic hydroxyl groups is 1. The summed E-state index contributed by atoms with van der Waals surface area (Å²) in [5.74, 6) is -2.01. The van der Waals surface area contributed by atoms with Gasteiger partial charge in [0.05, 0.1) is 17.7 Å². The first-order valence-corrected chi connectivity index (χ1v) is 8.79. The van der Waals surface area contributed by atoms with Crippen molar-refractivity contribution in [2.45, 2.75) is 38.2 Å². The molecule has 2 aliphatic heterocycles. The summed E-state index contributed by atoms with van der Waals surface area (Å²) >= 11 is 0. The Morgan fingerprint density at radius 3 is 2.48 bits per heavy atom. The second kappa shape index (κ2) is 7.15. The van der Waals surface area contributed by atoms with E-state index in [4.69, 9.17) is 5.11 Å². The van der Waals surface area contributed by atoms with Crippen molar-refractivity contribution in [3.63, 3.8) is 0 Å². The number of carboxylic acids is 1. The molecular weight excluding hydrogens is 357 g/mol. The molecular formula is C18H22FN3O5. The first-order valence-electron chi connectivity index (χ1n) is 8.79. The van der Waals surface area contributed by atoms with E-state index in [1.807, 2.05) is 4.90 Å². The molecule has 0 atom stereocenters. The molecule has 0 aliphatic carbocycles. The molecule has 8 nitrogen and oxygen atoms in total. The summed E-state index contributed by atoms with van der Waals surface area (Å²) in [6.45, 7) is 2.72. The van der Waals surface area contributed by atoms with E-state index in [9.17, 15) is 23.9 Å². The number of carbonyl (C=O) groups is 3. The van der Waals surface area contributed by atoms with Gasteiger partial charge in [-0.3, -0.25) is 19.8 Å². The standard InChI is InChI=1S/C18H22FN3O5/c1-11-8-14(22-5-2-15(23)20-17(22)26)12(19)9-13(11)21-6-3-18(27,4-7-21)10-16(24)25/h8-9,27H,2-7,10H2,1H3,(H,24,25)(H,20,23,26). The third kappa shape index (κ3) is 4.02. The third-order valence-electron chi connectivity index (χ3n) is 5.13. The topological polar surface area (TPSA) is 110 Å². The van der Waals surface area contributed by atoms with Crippen LogP contribution in [0.3, 0.4) is 0 Å². The number of hydrogen-bond acceptors (Lipinski definition) is 5. The normalized spacial score (nSPS) is 19.8. The molecule has 0 aromatic heterocycles. The molecule has 2 aliphatic rings. The van der Waals surface area contributed by atoms with Crippen molar-refractivity contribution in [3.8, 4) is 0 Å². The predicted octanol–water partition coefficient (Wildman–Crippen LogP) is 1.39. The highest BCUT2D eigenvalue weighted by molar-refractivity contribution is 6.05. The quantitative estimate of drug-likeness (QED) is 0.729. The molecule has 27 heavy (non-hydrogen) atoms. The minimum absolute atomic E-state index is 0.111. The van der Waals surface area contributed by atoms with Crippen LogP contribution in [0.15, 0.2) is 12.1 Å². The number of amides is 3. The van der Waals surface area contributed by atoms with Gasteiger partial charge in [0.25, 0.3) is 0 Å². The SMILES string of the molecule is Cc1cc(N2CCC(=O)NC2=O)c(F)cc1N1CCC(O)(CC(=O)O)CC1. The van der Waals surface area contributed by atoms with Gasteiger partial charge in [-0.25, -0.2) is 9.18 Å². The summed E-state index contributed by atoms with van der Waals surface area (Å²) in [6.07, 6.45) is 0.355. The Morgan fingerprint density at radius 1 is 1.22 bits per heavy atom. The summed E-state index contributed by atoms with van der Waals surface area (Å²) < 4.78 is 14.7. The highest BCUT2D eigenvalue weighted by Gasteiger charge is 2.35. The van der Waals surface area contributed by atoms with Crippen LogP contribution in [0.4, 0.5) is 20.6 Å². The van der Waals surface area contributed by atoms with Gasteiger partial charge in [-0.15, -0.1) is 0 Å². The smallest absolute Gasteiger partial charge is 0.328 e. The van der Waals surface area contributed by atoms with Crippen LogP contribution in [0, 0.1) is 12.7 Å². The minimum atomic E-state index is -1.24. The number of benzene rings is 1. The predicted molar refractivity (Wildman–Crippen MR) is 95.3 cm³/mol. The molecule has 146 valence electrons. The fourth-order valence-electron chi connectivity index (χ4n) is 3.62. The van der Waals surface area contributed by atoms with Gasteiger partial charge in [0.15, 0.2) is 0 Å². The summed E-state index contributed by atoms with van der Waals surface area (Å²) in [5, 5.41) is 21.4. The Bertz CT molecular complexity index is 789. The van der Waals surface area contributed by atoms with Crippen LogP contribution < -0.4 is 15.1 Å². The van der Waals surface area contributed by atoms with Crippen LogP contribution in [-0.4, -0.2) is 53.4 Å². The van der Waals surface area contributed by atoms with Gasteiger partial charge in [0.2, 0.25) is 5.91 Å². The number of rotatable bonds is 4. The Hall–Kier alpha value is -2.68. The second-order valence-electron chi connectivity index (χ2n) is 7.13. The molecule has 2 fully saturated rings. The molecule has 0 saturated carbocycles. The first-order chi connectivity index (χ1) is 12.7. The maximum atomic E-state index is 14.7. The maximum Gasteiger partial charge on any atom is 0.328 e. The van der Waals surface area contributed by atoms with Gasteiger partial charge in [-0.05, 0) is 37.5 Å². The van der Waals surface area contributed by atoms with Crippen molar-refractivity contribution >= 4 is 29.3 Å². The number of urea groups is 1. The Kier molecular flexibility index (Phi) is 5.05. The van der Waals surface area contributed by atoms with Gasteiger partial charge < -0.3 is 15.1 Å². The molecule has 1 aromatic carbocycles. The number of nitrogens with zero attached hydrogens (tertiary/aromatic N) is 2. The molecule has 9 heteroatoms. The Morgan fingerprint density at radius 2 is 1.89 bits per heavy atom. The number of hydrogen-bond donors (Lipinski definition) is 3. The molecule has 0 bridgehead atoms. The van der Waals surface area contributed by atoms with Gasteiger partial charge in [0.1, 0.15) is 5.82 Å². The lowest BCUT2D eigenvalue weighted by Crippen LogP contribution is -2.50. The average Bonchev–Trinajstić information content (AvgIpc) is 2.57. The largest absolute Gasteiger partial charge is 0.481 e. The van der Waals surface area contributed by atoms with Gasteiger partial charge in [-0.1, -0.05) is 0 Å². The molecule has 3 rings (SSSR count). The Labute approximate surface area is 155 Å². The highest BCUT2D eigenvalue weighted by Crippen LogP contribution is 2.34. The maximum absolute atomic E-state index is 14.7. The van der Waals surface area contributed by atoms with Crippen molar-refractivity contribution in [2.75, 3.05) is 29.4 Å². The zero-order valence-corrected chi connectivity index (χ0v) is 15.0. The highest BCUT2D eigenvalue weighted by atomic mass is 19.1. The van der Waals surface area contributed by atoms with E-state index in [0.29, 0.717) is 18.8 Å². The minimum Gasteiger partial charge on any atom is -0.481 e. The van der Waals surface area contributed by atoms with Gasteiger partial charge in [0, 0.05) is 31.7 Å². The van der Waals surface area contributed by atoms with Gasteiger partial charge >= 0.3 is 12.0 Å². The molecule has 0 unspecified atom stereocenters. The molecule has 3 N–H and O–H groups in total. The Balaban J connectivity index is 1.77. The molecule has 3 amide bonds. The van der Waals surface area contributed by atoms with Crippen LogP contribution in [0.2, 0.25) is 0 Å².